The molecule has 1 heterocycles. The van der Waals surface area contributed by atoms with Crippen LogP contribution in [0.1, 0.15) is 133 Å². The molecule has 20 heteroatoms. The molecule has 0 aromatic carbocycles. The molecule has 1 rings (SSSR count). The maximum atomic E-state index is 13.5. The highest BCUT2D eigenvalue weighted by molar-refractivity contribution is 5.98. The predicted octanol–water partition coefficient (Wildman–Crippen LogP) is -0.0522. The number of unbranched alkanes of at least 4 members (excludes halogenated alkanes) is 5. The number of amides is 9. The minimum absolute atomic E-state index is 0.0507. The molecule has 372 valence electrons. The molecule has 1 saturated heterocycles. The fourth-order valence-corrected chi connectivity index (χ4v) is 6.94. The third-order valence-corrected chi connectivity index (χ3v) is 11.0. The van der Waals surface area contributed by atoms with Crippen molar-refractivity contribution in [1.29, 1.82) is 0 Å². The first-order valence-corrected chi connectivity index (χ1v) is 23.2. The van der Waals surface area contributed by atoms with Crippen molar-refractivity contribution in [3.63, 3.8) is 0 Å². The molecule has 0 aromatic rings. The lowest BCUT2D eigenvalue weighted by Gasteiger charge is -2.33. The van der Waals surface area contributed by atoms with Crippen LogP contribution in [-0.4, -0.2) is 158 Å². The van der Waals surface area contributed by atoms with Gasteiger partial charge in [-0.1, -0.05) is 59.3 Å². The molecule has 0 aromatic heterocycles. The van der Waals surface area contributed by atoms with Gasteiger partial charge >= 0.3 is 0 Å². The summed E-state index contributed by atoms with van der Waals surface area (Å²) in [6.45, 7) is 15.5. The summed E-state index contributed by atoms with van der Waals surface area (Å²) in [6.07, 6.45) is 8.28. The number of nitrogens with zero attached hydrogens (tertiary/aromatic N) is 2. The van der Waals surface area contributed by atoms with Crippen molar-refractivity contribution in [3.05, 3.63) is 0 Å². The van der Waals surface area contributed by atoms with Crippen LogP contribution >= 0.6 is 0 Å². The van der Waals surface area contributed by atoms with Crippen molar-refractivity contribution in [1.82, 2.24) is 57.7 Å². The quantitative estimate of drug-likeness (QED) is 0.0431. The molecule has 0 saturated carbocycles. The highest BCUT2D eigenvalue weighted by Crippen LogP contribution is 2.16. The van der Waals surface area contributed by atoms with Gasteiger partial charge in [-0.15, -0.1) is 0 Å². The van der Waals surface area contributed by atoms with Gasteiger partial charge in [0.15, 0.2) is 0 Å². The van der Waals surface area contributed by atoms with Crippen LogP contribution in [0.15, 0.2) is 0 Å². The number of rotatable bonds is 30. The number of carbonyl (C=O) groups is 9. The Balaban J connectivity index is 2.76. The SMILES string of the molecule is CCCCCCCCC(NC(=O)C1CCCN1C)C(=O)NCC(=O)NC(C)(C)C(=O)NCC(=O)N[C@@H](CC(C)C)C(=O)NC(C)(C)C(=O)NC(C)(C)C(=O)NCCC(=O)NCCN(C)C. The topological polar surface area (TPSA) is 268 Å². The Hall–Kier alpha value is -4.85. The van der Waals surface area contributed by atoms with E-state index in [1.165, 1.54) is 41.5 Å². The molecule has 9 N–H and O–H groups in total. The Morgan fingerprint density at radius 2 is 1.22 bits per heavy atom. The molecular weight excluding hydrogens is 839 g/mol. The van der Waals surface area contributed by atoms with Gasteiger partial charge in [0.25, 0.3) is 0 Å². The Labute approximate surface area is 387 Å². The molecule has 0 radical (unpaired) electrons. The monoisotopic (exact) mass is 922 g/mol. The normalized spacial score (nSPS) is 15.3. The first kappa shape index (κ1) is 58.2. The molecule has 1 fully saturated rings. The van der Waals surface area contributed by atoms with Crippen LogP contribution in [0.5, 0.6) is 0 Å². The van der Waals surface area contributed by atoms with E-state index in [2.05, 4.69) is 54.8 Å². The third kappa shape index (κ3) is 22.8. The predicted molar refractivity (Wildman–Crippen MR) is 249 cm³/mol. The van der Waals surface area contributed by atoms with Crippen LogP contribution in [0.2, 0.25) is 0 Å². The summed E-state index contributed by atoms with van der Waals surface area (Å²) in [7, 11) is 5.65. The minimum Gasteiger partial charge on any atom is -0.355 e. The van der Waals surface area contributed by atoms with Crippen LogP contribution in [0, 0.1) is 5.92 Å². The van der Waals surface area contributed by atoms with Crippen molar-refractivity contribution < 1.29 is 43.2 Å². The van der Waals surface area contributed by atoms with E-state index in [9.17, 15) is 43.2 Å². The van der Waals surface area contributed by atoms with Crippen molar-refractivity contribution in [3.8, 4) is 0 Å². The Morgan fingerprint density at radius 1 is 0.631 bits per heavy atom. The van der Waals surface area contributed by atoms with Gasteiger partial charge in [-0.2, -0.15) is 0 Å². The Kier molecular flexibility index (Phi) is 25.3. The van der Waals surface area contributed by atoms with Crippen LogP contribution in [-0.2, 0) is 43.2 Å². The van der Waals surface area contributed by atoms with Crippen LogP contribution in [0.25, 0.3) is 0 Å². The summed E-state index contributed by atoms with van der Waals surface area (Å²) in [5.74, 6) is -4.98. The lowest BCUT2D eigenvalue weighted by molar-refractivity contribution is -0.138. The fourth-order valence-electron chi connectivity index (χ4n) is 6.94. The van der Waals surface area contributed by atoms with Gasteiger partial charge in [-0.25, -0.2) is 0 Å². The maximum Gasteiger partial charge on any atom is 0.246 e. The molecule has 2 unspecified atom stereocenters. The van der Waals surface area contributed by atoms with Crippen LogP contribution < -0.4 is 47.9 Å². The van der Waals surface area contributed by atoms with Crippen molar-refractivity contribution in [2.75, 3.05) is 60.4 Å². The van der Waals surface area contributed by atoms with E-state index in [0.29, 0.717) is 25.9 Å². The summed E-state index contributed by atoms with van der Waals surface area (Å²) in [5, 5.41) is 23.9. The molecule has 0 spiro atoms. The van der Waals surface area contributed by atoms with E-state index in [-0.39, 0.29) is 43.2 Å². The zero-order chi connectivity index (χ0) is 49.5. The highest BCUT2D eigenvalue weighted by atomic mass is 16.2. The average molecular weight is 922 g/mol. The van der Waals surface area contributed by atoms with Gasteiger partial charge in [0.2, 0.25) is 53.2 Å². The third-order valence-electron chi connectivity index (χ3n) is 11.0. The standard InChI is InChI=1S/C45H83N11O9/c1-13-14-15-16-17-18-20-31(51-39(62)33-21-19-25-56(33)12)37(60)48-29-36(59)52-43(4,5)41(64)49-28-35(58)50-32(27-30(2)3)38(61)53-45(8,9)42(65)54-44(6,7)40(63)47-23-22-34(57)46-24-26-55(10)11/h30-33H,13-29H2,1-12H3,(H,46,57)(H,47,63)(H,48,60)(H,49,64)(H,50,58)(H,51,62)(H,52,59)(H,53,61)(H,54,65)/t31?,32-,33?/m0/s1. The second kappa shape index (κ2) is 28.2. The molecule has 0 aliphatic carbocycles. The van der Waals surface area contributed by atoms with Crippen molar-refractivity contribution in [2.45, 2.75) is 168 Å². The number of hydrogen-bond donors (Lipinski definition) is 9. The first-order valence-electron chi connectivity index (χ1n) is 23.2. The average Bonchev–Trinajstić information content (AvgIpc) is 3.64. The van der Waals surface area contributed by atoms with E-state index < -0.39 is 83.1 Å². The lowest BCUT2D eigenvalue weighted by Crippen LogP contribution is -2.64. The van der Waals surface area contributed by atoms with Gasteiger partial charge in [0.05, 0.1) is 19.1 Å². The van der Waals surface area contributed by atoms with Crippen molar-refractivity contribution >= 4 is 53.2 Å². The van der Waals surface area contributed by atoms with Gasteiger partial charge < -0.3 is 52.8 Å². The smallest absolute Gasteiger partial charge is 0.246 e. The van der Waals surface area contributed by atoms with Crippen molar-refractivity contribution in [2.24, 2.45) is 5.92 Å². The van der Waals surface area contributed by atoms with Gasteiger partial charge in [-0.05, 0) is 101 Å². The second-order valence-corrected chi connectivity index (χ2v) is 19.4. The van der Waals surface area contributed by atoms with E-state index in [1.54, 1.807) is 0 Å². The first-order chi connectivity index (χ1) is 30.2. The Bertz CT molecular complexity index is 1620. The Morgan fingerprint density at radius 3 is 1.82 bits per heavy atom. The molecular formula is C45H83N11O9. The summed E-state index contributed by atoms with van der Waals surface area (Å²) in [5.41, 5.74) is -4.46. The molecule has 3 atom stereocenters. The number of carbonyl (C=O) groups excluding carboxylic acids is 9. The number of likely N-dealkylation sites (tertiary alicyclic amines) is 1. The lowest BCUT2D eigenvalue weighted by atomic mass is 9.97. The zero-order valence-corrected chi connectivity index (χ0v) is 41.4. The molecule has 1 aliphatic rings. The van der Waals surface area contributed by atoms with E-state index in [1.807, 2.05) is 44.8 Å². The molecule has 20 nitrogen and oxygen atoms in total. The summed E-state index contributed by atoms with van der Waals surface area (Å²) in [4.78, 5) is 121. The maximum absolute atomic E-state index is 13.5. The van der Waals surface area contributed by atoms with Crippen LogP contribution in [0.3, 0.4) is 0 Å². The highest BCUT2D eigenvalue weighted by Gasteiger charge is 2.39. The molecule has 9 amide bonds. The summed E-state index contributed by atoms with van der Waals surface area (Å²) in [6, 6.07) is -2.24. The largest absolute Gasteiger partial charge is 0.355 e. The fraction of sp³-hybridized carbons (Fsp3) is 0.800. The zero-order valence-electron chi connectivity index (χ0n) is 41.4. The minimum atomic E-state index is -1.54. The summed E-state index contributed by atoms with van der Waals surface area (Å²) < 4.78 is 0. The van der Waals surface area contributed by atoms with Gasteiger partial charge in [-0.3, -0.25) is 48.1 Å². The van der Waals surface area contributed by atoms with E-state index >= 15 is 0 Å². The van der Waals surface area contributed by atoms with Crippen LogP contribution in [0.4, 0.5) is 0 Å². The van der Waals surface area contributed by atoms with E-state index in [4.69, 9.17) is 0 Å². The van der Waals surface area contributed by atoms with Gasteiger partial charge in [0.1, 0.15) is 28.7 Å². The second-order valence-electron chi connectivity index (χ2n) is 19.4. The molecule has 1 aliphatic heterocycles. The van der Waals surface area contributed by atoms with E-state index in [0.717, 1.165) is 51.5 Å². The molecule has 65 heavy (non-hydrogen) atoms. The number of hydrogen-bond acceptors (Lipinski definition) is 11. The number of likely N-dealkylation sites (N-methyl/N-ethyl adjacent to an activating group) is 2. The summed E-state index contributed by atoms with van der Waals surface area (Å²) >= 11 is 0. The number of nitrogens with one attached hydrogen (secondary N) is 9. The molecule has 0 bridgehead atoms. The van der Waals surface area contributed by atoms with Gasteiger partial charge in [0, 0.05) is 26.1 Å².